The minimum Gasteiger partial charge on any atom is -0.368 e. The smallest absolute Gasteiger partial charge is 0.272 e. The molecular formula is C21H21FN4O. The SMILES string of the molecule is Cc1cc(C(=O)N2CCN(c3cccc(F)c3)CC2)n(-c2ccccc2)n1. The van der Waals surface area contributed by atoms with E-state index >= 15 is 0 Å². The van der Waals surface area contributed by atoms with Gasteiger partial charge in [0, 0.05) is 31.9 Å². The summed E-state index contributed by atoms with van der Waals surface area (Å²) in [6.45, 7) is 4.42. The molecule has 2 aromatic carbocycles. The molecule has 5 nitrogen and oxygen atoms in total. The fourth-order valence-corrected chi connectivity index (χ4v) is 3.42. The summed E-state index contributed by atoms with van der Waals surface area (Å²) >= 11 is 0. The Hall–Kier alpha value is -3.15. The van der Waals surface area contributed by atoms with E-state index in [4.69, 9.17) is 0 Å². The van der Waals surface area contributed by atoms with Crippen molar-refractivity contribution in [2.45, 2.75) is 6.92 Å². The number of aromatic nitrogens is 2. The van der Waals surface area contributed by atoms with Crippen LogP contribution in [0.3, 0.4) is 0 Å². The summed E-state index contributed by atoms with van der Waals surface area (Å²) in [5.74, 6) is -0.272. The minimum absolute atomic E-state index is 0.0293. The number of carbonyl (C=O) groups excluding carboxylic acids is 1. The molecule has 138 valence electrons. The van der Waals surface area contributed by atoms with Gasteiger partial charge in [0.25, 0.3) is 5.91 Å². The van der Waals surface area contributed by atoms with Gasteiger partial charge in [-0.25, -0.2) is 9.07 Å². The Morgan fingerprint density at radius 2 is 1.63 bits per heavy atom. The van der Waals surface area contributed by atoms with Crippen molar-refractivity contribution in [1.82, 2.24) is 14.7 Å². The predicted molar refractivity (Wildman–Crippen MR) is 103 cm³/mol. The van der Waals surface area contributed by atoms with Crippen LogP contribution in [0.4, 0.5) is 10.1 Å². The van der Waals surface area contributed by atoms with Crippen LogP contribution in [0.15, 0.2) is 60.7 Å². The number of hydrogen-bond acceptors (Lipinski definition) is 3. The number of nitrogens with zero attached hydrogens (tertiary/aromatic N) is 4. The van der Waals surface area contributed by atoms with Gasteiger partial charge in [-0.2, -0.15) is 5.10 Å². The molecule has 4 rings (SSSR count). The molecule has 3 aromatic rings. The number of aryl methyl sites for hydroxylation is 1. The van der Waals surface area contributed by atoms with Crippen LogP contribution >= 0.6 is 0 Å². The number of piperazine rings is 1. The highest BCUT2D eigenvalue weighted by molar-refractivity contribution is 5.93. The lowest BCUT2D eigenvalue weighted by molar-refractivity contribution is 0.0737. The van der Waals surface area contributed by atoms with E-state index < -0.39 is 0 Å². The average Bonchev–Trinajstić information content (AvgIpc) is 3.10. The first-order valence-corrected chi connectivity index (χ1v) is 9.04. The summed E-state index contributed by atoms with van der Waals surface area (Å²) in [5, 5.41) is 4.49. The van der Waals surface area contributed by atoms with Gasteiger partial charge in [-0.1, -0.05) is 24.3 Å². The fourth-order valence-electron chi connectivity index (χ4n) is 3.42. The molecule has 0 spiro atoms. The van der Waals surface area contributed by atoms with E-state index in [9.17, 15) is 9.18 Å². The van der Waals surface area contributed by atoms with Crippen LogP contribution < -0.4 is 4.90 Å². The number of amides is 1. The topological polar surface area (TPSA) is 41.4 Å². The maximum atomic E-state index is 13.5. The quantitative estimate of drug-likeness (QED) is 0.716. The summed E-state index contributed by atoms with van der Waals surface area (Å²) in [6, 6.07) is 18.1. The van der Waals surface area contributed by atoms with Crippen molar-refractivity contribution >= 4 is 11.6 Å². The minimum atomic E-state index is -0.242. The van der Waals surface area contributed by atoms with E-state index in [1.165, 1.54) is 12.1 Å². The molecule has 0 radical (unpaired) electrons. The van der Waals surface area contributed by atoms with Gasteiger partial charge in [-0.05, 0) is 43.3 Å². The second-order valence-electron chi connectivity index (χ2n) is 6.68. The molecular weight excluding hydrogens is 343 g/mol. The number of anilines is 1. The number of hydrogen-bond donors (Lipinski definition) is 0. The van der Waals surface area contributed by atoms with Crippen molar-refractivity contribution in [2.24, 2.45) is 0 Å². The second kappa shape index (κ2) is 7.23. The van der Waals surface area contributed by atoms with Gasteiger partial charge in [0.2, 0.25) is 0 Å². The Morgan fingerprint density at radius 1 is 0.926 bits per heavy atom. The number of para-hydroxylation sites is 1. The van der Waals surface area contributed by atoms with E-state index in [0.717, 1.165) is 17.1 Å². The second-order valence-corrected chi connectivity index (χ2v) is 6.68. The lowest BCUT2D eigenvalue weighted by Crippen LogP contribution is -2.49. The largest absolute Gasteiger partial charge is 0.368 e. The van der Waals surface area contributed by atoms with E-state index in [1.807, 2.05) is 54.3 Å². The Kier molecular flexibility index (Phi) is 4.62. The third-order valence-corrected chi connectivity index (χ3v) is 4.79. The zero-order valence-electron chi connectivity index (χ0n) is 15.2. The van der Waals surface area contributed by atoms with Crippen LogP contribution in [0.5, 0.6) is 0 Å². The summed E-state index contributed by atoms with van der Waals surface area (Å²) < 4.78 is 15.2. The normalized spacial score (nSPS) is 14.4. The highest BCUT2D eigenvalue weighted by Crippen LogP contribution is 2.20. The summed E-state index contributed by atoms with van der Waals surface area (Å²) in [5.41, 5.74) is 3.10. The van der Waals surface area contributed by atoms with Crippen molar-refractivity contribution in [3.63, 3.8) is 0 Å². The Labute approximate surface area is 157 Å². The van der Waals surface area contributed by atoms with Gasteiger partial charge in [0.1, 0.15) is 11.5 Å². The highest BCUT2D eigenvalue weighted by atomic mass is 19.1. The number of rotatable bonds is 3. The Bertz CT molecular complexity index is 946. The van der Waals surface area contributed by atoms with Crippen molar-refractivity contribution in [3.05, 3.63) is 77.9 Å². The molecule has 2 heterocycles. The van der Waals surface area contributed by atoms with Crippen LogP contribution in [0.2, 0.25) is 0 Å². The fraction of sp³-hybridized carbons (Fsp3) is 0.238. The molecule has 1 aliphatic heterocycles. The van der Waals surface area contributed by atoms with Crippen LogP contribution in [0.25, 0.3) is 5.69 Å². The molecule has 1 amide bonds. The Balaban J connectivity index is 1.51. The summed E-state index contributed by atoms with van der Waals surface area (Å²) in [7, 11) is 0. The molecule has 6 heteroatoms. The number of halogens is 1. The molecule has 0 unspecified atom stereocenters. The number of benzene rings is 2. The first-order valence-electron chi connectivity index (χ1n) is 9.04. The molecule has 0 aliphatic carbocycles. The van der Waals surface area contributed by atoms with Crippen LogP contribution in [0, 0.1) is 12.7 Å². The molecule has 27 heavy (non-hydrogen) atoms. The number of carbonyl (C=O) groups is 1. The molecule has 1 aromatic heterocycles. The standard InChI is InChI=1S/C21H21FN4O/c1-16-14-20(26(23-16)18-7-3-2-4-8-18)21(27)25-12-10-24(11-13-25)19-9-5-6-17(22)15-19/h2-9,14-15H,10-13H2,1H3. The van der Waals surface area contributed by atoms with Crippen LogP contribution in [-0.2, 0) is 0 Å². The lowest BCUT2D eigenvalue weighted by Gasteiger charge is -2.36. The van der Waals surface area contributed by atoms with E-state index in [-0.39, 0.29) is 11.7 Å². The molecule has 0 bridgehead atoms. The van der Waals surface area contributed by atoms with Crippen molar-refractivity contribution in [2.75, 3.05) is 31.1 Å². The van der Waals surface area contributed by atoms with Gasteiger partial charge >= 0.3 is 0 Å². The van der Waals surface area contributed by atoms with E-state index in [1.54, 1.807) is 10.7 Å². The summed E-state index contributed by atoms with van der Waals surface area (Å²) in [6.07, 6.45) is 0. The maximum Gasteiger partial charge on any atom is 0.272 e. The monoisotopic (exact) mass is 364 g/mol. The van der Waals surface area contributed by atoms with Gasteiger partial charge in [0.05, 0.1) is 11.4 Å². The first-order chi connectivity index (χ1) is 13.1. The van der Waals surface area contributed by atoms with Crippen molar-refractivity contribution in [3.8, 4) is 5.69 Å². The summed E-state index contributed by atoms with van der Waals surface area (Å²) in [4.78, 5) is 17.0. The maximum absolute atomic E-state index is 13.5. The Morgan fingerprint density at radius 3 is 2.33 bits per heavy atom. The third-order valence-electron chi connectivity index (χ3n) is 4.79. The average molecular weight is 364 g/mol. The highest BCUT2D eigenvalue weighted by Gasteiger charge is 2.25. The molecule has 0 N–H and O–H groups in total. The van der Waals surface area contributed by atoms with Crippen molar-refractivity contribution < 1.29 is 9.18 Å². The van der Waals surface area contributed by atoms with Gasteiger partial charge in [0.15, 0.2) is 0 Å². The lowest BCUT2D eigenvalue weighted by atomic mass is 10.2. The first kappa shape index (κ1) is 17.3. The van der Waals surface area contributed by atoms with E-state index in [2.05, 4.69) is 10.00 Å². The molecule has 0 atom stereocenters. The molecule has 0 saturated carbocycles. The zero-order valence-corrected chi connectivity index (χ0v) is 15.2. The van der Waals surface area contributed by atoms with Gasteiger partial charge in [-0.3, -0.25) is 4.79 Å². The van der Waals surface area contributed by atoms with Crippen LogP contribution in [0.1, 0.15) is 16.2 Å². The van der Waals surface area contributed by atoms with Gasteiger partial charge in [-0.15, -0.1) is 0 Å². The molecule has 1 fully saturated rings. The van der Waals surface area contributed by atoms with Gasteiger partial charge < -0.3 is 9.80 Å². The predicted octanol–water partition coefficient (Wildman–Crippen LogP) is 3.28. The van der Waals surface area contributed by atoms with Crippen LogP contribution in [-0.4, -0.2) is 46.8 Å². The molecule has 1 saturated heterocycles. The zero-order chi connectivity index (χ0) is 18.8. The van der Waals surface area contributed by atoms with E-state index in [0.29, 0.717) is 31.9 Å². The third kappa shape index (κ3) is 3.56. The van der Waals surface area contributed by atoms with Crippen molar-refractivity contribution in [1.29, 1.82) is 0 Å². The molecule has 1 aliphatic rings.